The first-order valence-corrected chi connectivity index (χ1v) is 10.8. The summed E-state index contributed by atoms with van der Waals surface area (Å²) in [5, 5.41) is 4.97. The number of nitrogens with one attached hydrogen (secondary N) is 1. The molecule has 8 heteroatoms. The van der Waals surface area contributed by atoms with Crippen LogP contribution in [0, 0.1) is 0 Å². The summed E-state index contributed by atoms with van der Waals surface area (Å²) < 4.78 is 12.2. The molecule has 0 aliphatic carbocycles. The molecule has 0 fully saturated rings. The highest BCUT2D eigenvalue weighted by Gasteiger charge is 2.13. The van der Waals surface area contributed by atoms with E-state index in [-0.39, 0.29) is 18.9 Å². The first-order valence-electron chi connectivity index (χ1n) is 9.26. The number of halogens is 3. The smallest absolute Gasteiger partial charge is 0.244 e. The molecule has 0 bridgehead atoms. The standard InChI is InChI=1S/C23H19BrCl2N2O3/c1-30-21-11-16(13-27-28-22(29)12-15-6-8-18(24)9-7-15)10-20(26)23(21)31-14-17-4-2-3-5-19(17)25/h2-11,13H,12,14H2,1H3,(H,28,29)/b27-13+. The largest absolute Gasteiger partial charge is 0.493 e. The van der Waals surface area contributed by atoms with Crippen molar-refractivity contribution in [2.75, 3.05) is 7.11 Å². The zero-order valence-electron chi connectivity index (χ0n) is 16.6. The number of rotatable bonds is 8. The lowest BCUT2D eigenvalue weighted by atomic mass is 10.1. The number of hydrogen-bond acceptors (Lipinski definition) is 4. The Labute approximate surface area is 199 Å². The van der Waals surface area contributed by atoms with Gasteiger partial charge in [0.15, 0.2) is 11.5 Å². The van der Waals surface area contributed by atoms with Crippen molar-refractivity contribution in [3.8, 4) is 11.5 Å². The molecule has 3 aromatic carbocycles. The summed E-state index contributed by atoms with van der Waals surface area (Å²) in [5.41, 5.74) is 4.88. The summed E-state index contributed by atoms with van der Waals surface area (Å²) >= 11 is 15.9. The predicted molar refractivity (Wildman–Crippen MR) is 127 cm³/mol. The third kappa shape index (κ3) is 6.72. The van der Waals surface area contributed by atoms with Gasteiger partial charge in [0.2, 0.25) is 5.91 Å². The number of carbonyl (C=O) groups is 1. The van der Waals surface area contributed by atoms with Crippen LogP contribution in [-0.4, -0.2) is 19.2 Å². The molecule has 0 aromatic heterocycles. The fourth-order valence-corrected chi connectivity index (χ4v) is 3.45. The van der Waals surface area contributed by atoms with Gasteiger partial charge in [0, 0.05) is 15.1 Å². The summed E-state index contributed by atoms with van der Waals surface area (Å²) in [6.45, 7) is 0.245. The van der Waals surface area contributed by atoms with Crippen LogP contribution in [-0.2, 0) is 17.8 Å². The van der Waals surface area contributed by atoms with Gasteiger partial charge in [-0.25, -0.2) is 5.43 Å². The molecule has 160 valence electrons. The van der Waals surface area contributed by atoms with Gasteiger partial charge in [-0.05, 0) is 41.5 Å². The van der Waals surface area contributed by atoms with E-state index in [0.717, 1.165) is 15.6 Å². The summed E-state index contributed by atoms with van der Waals surface area (Å²) in [4.78, 5) is 12.1. The summed E-state index contributed by atoms with van der Waals surface area (Å²) in [5.74, 6) is 0.624. The number of amides is 1. The molecule has 0 aliphatic rings. The number of methoxy groups -OCH3 is 1. The molecule has 0 saturated heterocycles. The van der Waals surface area contributed by atoms with Gasteiger partial charge in [-0.2, -0.15) is 5.10 Å². The molecule has 5 nitrogen and oxygen atoms in total. The van der Waals surface area contributed by atoms with Crippen molar-refractivity contribution in [2.45, 2.75) is 13.0 Å². The van der Waals surface area contributed by atoms with Crippen LogP contribution in [0.4, 0.5) is 0 Å². The van der Waals surface area contributed by atoms with E-state index in [9.17, 15) is 4.79 Å². The Morgan fingerprint density at radius 3 is 2.55 bits per heavy atom. The molecular weight excluding hydrogens is 503 g/mol. The van der Waals surface area contributed by atoms with Crippen LogP contribution in [0.15, 0.2) is 70.2 Å². The molecule has 3 aromatic rings. The van der Waals surface area contributed by atoms with Gasteiger partial charge in [0.05, 0.1) is 24.8 Å². The topological polar surface area (TPSA) is 59.9 Å². The SMILES string of the molecule is COc1cc(/C=N/NC(=O)Cc2ccc(Br)cc2)cc(Cl)c1OCc1ccccc1Cl. The number of hydrazone groups is 1. The minimum Gasteiger partial charge on any atom is -0.493 e. The lowest BCUT2D eigenvalue weighted by Gasteiger charge is -2.14. The molecule has 0 unspecified atom stereocenters. The lowest BCUT2D eigenvalue weighted by Crippen LogP contribution is -2.19. The second-order valence-electron chi connectivity index (χ2n) is 6.51. The molecule has 0 radical (unpaired) electrons. The number of carbonyl (C=O) groups excluding carboxylic acids is 1. The zero-order valence-corrected chi connectivity index (χ0v) is 19.7. The van der Waals surface area contributed by atoms with Crippen LogP contribution in [0.3, 0.4) is 0 Å². The Hall–Kier alpha value is -2.54. The Kier molecular flexibility index (Phi) is 8.35. The molecule has 0 saturated carbocycles. The maximum Gasteiger partial charge on any atom is 0.244 e. The van der Waals surface area contributed by atoms with Crippen molar-refractivity contribution in [3.05, 3.63) is 91.9 Å². The molecule has 3 rings (SSSR count). The molecule has 1 amide bonds. The maximum absolute atomic E-state index is 12.1. The Balaban J connectivity index is 1.64. The fourth-order valence-electron chi connectivity index (χ4n) is 2.73. The lowest BCUT2D eigenvalue weighted by molar-refractivity contribution is -0.120. The molecule has 0 aliphatic heterocycles. The highest BCUT2D eigenvalue weighted by molar-refractivity contribution is 9.10. The number of ether oxygens (including phenoxy) is 2. The minimum atomic E-state index is -0.226. The highest BCUT2D eigenvalue weighted by Crippen LogP contribution is 2.37. The molecular formula is C23H19BrCl2N2O3. The fraction of sp³-hybridized carbons (Fsp3) is 0.130. The average molecular weight is 522 g/mol. The van der Waals surface area contributed by atoms with Gasteiger partial charge in [0.25, 0.3) is 0 Å². The van der Waals surface area contributed by atoms with Gasteiger partial charge >= 0.3 is 0 Å². The second-order valence-corrected chi connectivity index (χ2v) is 8.24. The predicted octanol–water partition coefficient (Wildman–Crippen LogP) is 6.04. The normalized spacial score (nSPS) is 10.8. The Bertz CT molecular complexity index is 1090. The van der Waals surface area contributed by atoms with Crippen LogP contribution in [0.2, 0.25) is 10.0 Å². The first-order chi connectivity index (χ1) is 15.0. The van der Waals surface area contributed by atoms with Gasteiger partial charge in [0.1, 0.15) is 6.61 Å². The monoisotopic (exact) mass is 520 g/mol. The van der Waals surface area contributed by atoms with Crippen LogP contribution < -0.4 is 14.9 Å². The van der Waals surface area contributed by atoms with Crippen LogP contribution in [0.5, 0.6) is 11.5 Å². The number of benzene rings is 3. The van der Waals surface area contributed by atoms with E-state index in [4.69, 9.17) is 32.7 Å². The summed E-state index contributed by atoms with van der Waals surface area (Å²) in [6.07, 6.45) is 1.72. The minimum absolute atomic E-state index is 0.226. The van der Waals surface area contributed by atoms with Gasteiger partial charge in [-0.1, -0.05) is 69.5 Å². The van der Waals surface area contributed by atoms with E-state index >= 15 is 0 Å². The molecule has 31 heavy (non-hydrogen) atoms. The first kappa shape index (κ1) is 23.1. The van der Waals surface area contributed by atoms with E-state index in [1.54, 1.807) is 18.2 Å². The van der Waals surface area contributed by atoms with Crippen molar-refractivity contribution < 1.29 is 14.3 Å². The van der Waals surface area contributed by atoms with Crippen molar-refractivity contribution in [1.82, 2.24) is 5.43 Å². The van der Waals surface area contributed by atoms with Crippen molar-refractivity contribution in [3.63, 3.8) is 0 Å². The second kappa shape index (κ2) is 11.2. The van der Waals surface area contributed by atoms with Crippen LogP contribution in [0.25, 0.3) is 0 Å². The summed E-state index contributed by atoms with van der Waals surface area (Å²) in [7, 11) is 1.52. The number of nitrogens with zero attached hydrogens (tertiary/aromatic N) is 1. The number of hydrogen-bond donors (Lipinski definition) is 1. The van der Waals surface area contributed by atoms with Crippen molar-refractivity contribution in [1.29, 1.82) is 0 Å². The Morgan fingerprint density at radius 2 is 1.84 bits per heavy atom. The zero-order chi connectivity index (χ0) is 22.2. The molecule has 0 spiro atoms. The Morgan fingerprint density at radius 1 is 1.10 bits per heavy atom. The van der Waals surface area contributed by atoms with Crippen LogP contribution in [0.1, 0.15) is 16.7 Å². The molecule has 0 heterocycles. The van der Waals surface area contributed by atoms with Crippen molar-refractivity contribution in [2.24, 2.45) is 5.10 Å². The van der Waals surface area contributed by atoms with E-state index in [1.807, 2.05) is 42.5 Å². The van der Waals surface area contributed by atoms with Crippen molar-refractivity contribution >= 4 is 51.3 Å². The third-order valence-electron chi connectivity index (χ3n) is 4.26. The van der Waals surface area contributed by atoms with E-state index in [1.165, 1.54) is 13.3 Å². The summed E-state index contributed by atoms with van der Waals surface area (Å²) in [6, 6.07) is 18.3. The third-order valence-corrected chi connectivity index (χ3v) is 5.44. The van der Waals surface area contributed by atoms with Gasteiger partial charge in [-0.3, -0.25) is 4.79 Å². The highest BCUT2D eigenvalue weighted by atomic mass is 79.9. The average Bonchev–Trinajstić information content (AvgIpc) is 2.75. The van der Waals surface area contributed by atoms with E-state index in [0.29, 0.717) is 27.1 Å². The molecule has 1 N–H and O–H groups in total. The maximum atomic E-state index is 12.1. The van der Waals surface area contributed by atoms with Gasteiger partial charge < -0.3 is 9.47 Å². The molecule has 0 atom stereocenters. The van der Waals surface area contributed by atoms with Crippen LogP contribution >= 0.6 is 39.1 Å². The van der Waals surface area contributed by atoms with E-state index in [2.05, 4.69) is 26.5 Å². The quantitative estimate of drug-likeness (QED) is 0.290. The van der Waals surface area contributed by atoms with Gasteiger partial charge in [-0.15, -0.1) is 0 Å². The van der Waals surface area contributed by atoms with E-state index < -0.39 is 0 Å².